The van der Waals surface area contributed by atoms with E-state index in [9.17, 15) is 14.0 Å². The number of hydrogen-bond donors (Lipinski definition) is 0. The van der Waals surface area contributed by atoms with E-state index in [-0.39, 0.29) is 23.7 Å². The summed E-state index contributed by atoms with van der Waals surface area (Å²) in [5.41, 5.74) is 2.59. The summed E-state index contributed by atoms with van der Waals surface area (Å²) in [6, 6.07) is 12.3. The van der Waals surface area contributed by atoms with E-state index in [1.54, 1.807) is 35.7 Å². The standard InChI is InChI=1S/C28H32ClFN4O3/c1-31(2)28(36)34-24-9-4-3-6-20(24)21(26(34)27(35)33-14-16-37-17-15-33)18-32-12-10-19(11-13-32)25-22(29)7-5-8-23(25)30/h3-9,19H,10-18H2,1-2H3. The first-order valence-corrected chi connectivity index (χ1v) is 13.1. The second-order valence-electron chi connectivity index (χ2n) is 9.95. The molecular formula is C28H32ClFN4O3. The number of piperidine rings is 1. The van der Waals surface area contributed by atoms with Gasteiger partial charge in [0.15, 0.2) is 0 Å². The number of aromatic nitrogens is 1. The van der Waals surface area contributed by atoms with Crippen LogP contribution in [-0.4, -0.2) is 84.7 Å². The summed E-state index contributed by atoms with van der Waals surface area (Å²) in [5, 5.41) is 1.37. The zero-order valence-corrected chi connectivity index (χ0v) is 22.0. The number of fused-ring (bicyclic) bond motifs is 1. The number of benzene rings is 2. The summed E-state index contributed by atoms with van der Waals surface area (Å²) in [4.78, 5) is 32.8. The average molecular weight is 527 g/mol. The molecule has 2 aliphatic rings. The van der Waals surface area contributed by atoms with Gasteiger partial charge >= 0.3 is 6.03 Å². The molecule has 1 aromatic heterocycles. The largest absolute Gasteiger partial charge is 0.378 e. The van der Waals surface area contributed by atoms with Crippen LogP contribution in [0.25, 0.3) is 10.9 Å². The van der Waals surface area contributed by atoms with Crippen LogP contribution in [0.4, 0.5) is 9.18 Å². The van der Waals surface area contributed by atoms with Crippen LogP contribution in [0.3, 0.4) is 0 Å². The van der Waals surface area contributed by atoms with Crippen LogP contribution in [-0.2, 0) is 11.3 Å². The SMILES string of the molecule is CN(C)C(=O)n1c(C(=O)N2CCOCC2)c(CN2CCC(c3c(F)cccc3Cl)CC2)c2ccccc21. The maximum absolute atomic E-state index is 14.5. The summed E-state index contributed by atoms with van der Waals surface area (Å²) >= 11 is 6.34. The number of hydrogen-bond acceptors (Lipinski definition) is 4. The number of carbonyl (C=O) groups is 2. The highest BCUT2D eigenvalue weighted by molar-refractivity contribution is 6.31. The Morgan fingerprint density at radius 1 is 1.03 bits per heavy atom. The lowest BCUT2D eigenvalue weighted by molar-refractivity contribution is 0.0295. The smallest absolute Gasteiger partial charge is 0.328 e. The minimum atomic E-state index is -0.257. The third kappa shape index (κ3) is 4.98. The van der Waals surface area contributed by atoms with Crippen molar-refractivity contribution >= 4 is 34.4 Å². The third-order valence-corrected chi connectivity index (χ3v) is 7.76. The highest BCUT2D eigenvalue weighted by Crippen LogP contribution is 2.36. The molecule has 2 aromatic carbocycles. The molecule has 37 heavy (non-hydrogen) atoms. The predicted octanol–water partition coefficient (Wildman–Crippen LogP) is 4.82. The molecule has 3 aromatic rings. The molecule has 2 aliphatic heterocycles. The Hall–Kier alpha value is -2.94. The van der Waals surface area contributed by atoms with Gasteiger partial charge < -0.3 is 14.5 Å². The van der Waals surface area contributed by atoms with Gasteiger partial charge in [-0.25, -0.2) is 9.18 Å². The zero-order valence-electron chi connectivity index (χ0n) is 21.3. The van der Waals surface area contributed by atoms with Crippen LogP contribution in [0, 0.1) is 5.82 Å². The van der Waals surface area contributed by atoms with Gasteiger partial charge in [0.05, 0.1) is 18.7 Å². The number of halogens is 2. The van der Waals surface area contributed by atoms with Crippen molar-refractivity contribution in [3.8, 4) is 0 Å². The molecule has 0 N–H and O–H groups in total. The molecule has 0 saturated carbocycles. The number of amides is 2. The van der Waals surface area contributed by atoms with Crippen molar-refractivity contribution in [3.63, 3.8) is 0 Å². The van der Waals surface area contributed by atoms with Gasteiger partial charge in [-0.3, -0.25) is 14.3 Å². The quantitative estimate of drug-likeness (QED) is 0.489. The molecule has 2 amide bonds. The lowest BCUT2D eigenvalue weighted by Gasteiger charge is -2.33. The number of para-hydroxylation sites is 1. The van der Waals surface area contributed by atoms with E-state index in [1.165, 1.54) is 11.0 Å². The highest BCUT2D eigenvalue weighted by Gasteiger charge is 2.32. The Balaban J connectivity index is 1.49. The van der Waals surface area contributed by atoms with Gasteiger partial charge in [-0.05, 0) is 50.0 Å². The Bertz CT molecular complexity index is 1290. The Kier molecular flexibility index (Phi) is 7.51. The number of likely N-dealkylation sites (tertiary alicyclic amines) is 1. The predicted molar refractivity (Wildman–Crippen MR) is 142 cm³/mol. The highest BCUT2D eigenvalue weighted by atomic mass is 35.5. The summed E-state index contributed by atoms with van der Waals surface area (Å²) < 4.78 is 21.5. The number of carbonyl (C=O) groups excluding carboxylic acids is 2. The van der Waals surface area contributed by atoms with Crippen molar-refractivity contribution in [1.29, 1.82) is 0 Å². The maximum atomic E-state index is 14.5. The summed E-state index contributed by atoms with van der Waals surface area (Å²) in [5.74, 6) is -0.358. The van der Waals surface area contributed by atoms with Gasteiger partial charge in [0.25, 0.3) is 5.91 Å². The Labute approximate surface area is 221 Å². The zero-order chi connectivity index (χ0) is 26.1. The van der Waals surface area contributed by atoms with Crippen molar-refractivity contribution in [2.45, 2.75) is 25.3 Å². The topological polar surface area (TPSA) is 58.0 Å². The summed E-state index contributed by atoms with van der Waals surface area (Å²) in [6.45, 7) is 3.94. The fraction of sp³-hybridized carbons (Fsp3) is 0.429. The van der Waals surface area contributed by atoms with Gasteiger partial charge in [0.1, 0.15) is 11.5 Å². The molecule has 0 bridgehead atoms. The van der Waals surface area contributed by atoms with Crippen LogP contribution in [0.1, 0.15) is 40.4 Å². The molecule has 0 radical (unpaired) electrons. The molecule has 0 unspecified atom stereocenters. The van der Waals surface area contributed by atoms with Gasteiger partial charge in [0, 0.05) is 55.3 Å². The van der Waals surface area contributed by atoms with Crippen LogP contribution in [0.5, 0.6) is 0 Å². The number of ether oxygens (including phenoxy) is 1. The lowest BCUT2D eigenvalue weighted by atomic mass is 9.88. The molecule has 7 nitrogen and oxygen atoms in total. The first kappa shape index (κ1) is 25.7. The van der Waals surface area contributed by atoms with Gasteiger partial charge in [-0.2, -0.15) is 0 Å². The van der Waals surface area contributed by atoms with Crippen LogP contribution in [0.15, 0.2) is 42.5 Å². The molecule has 3 heterocycles. The van der Waals surface area contributed by atoms with E-state index in [2.05, 4.69) is 4.90 Å². The van der Waals surface area contributed by atoms with Crippen LogP contribution in [0.2, 0.25) is 5.02 Å². The molecule has 0 aliphatic carbocycles. The van der Waals surface area contributed by atoms with Crippen molar-refractivity contribution in [2.75, 3.05) is 53.5 Å². The van der Waals surface area contributed by atoms with Crippen molar-refractivity contribution in [1.82, 2.24) is 19.3 Å². The maximum Gasteiger partial charge on any atom is 0.328 e. The average Bonchev–Trinajstić information content (AvgIpc) is 3.23. The molecular weight excluding hydrogens is 495 g/mol. The Morgan fingerprint density at radius 2 is 1.73 bits per heavy atom. The fourth-order valence-electron chi connectivity index (χ4n) is 5.51. The fourth-order valence-corrected chi connectivity index (χ4v) is 5.83. The first-order chi connectivity index (χ1) is 17.9. The third-order valence-electron chi connectivity index (χ3n) is 7.43. The minimum Gasteiger partial charge on any atom is -0.378 e. The summed E-state index contributed by atoms with van der Waals surface area (Å²) in [7, 11) is 3.39. The van der Waals surface area contributed by atoms with Crippen molar-refractivity contribution in [2.24, 2.45) is 0 Å². The van der Waals surface area contributed by atoms with Crippen LogP contribution >= 0.6 is 11.6 Å². The summed E-state index contributed by atoms with van der Waals surface area (Å²) in [6.07, 6.45) is 1.53. The molecule has 2 saturated heterocycles. The van der Waals surface area contributed by atoms with E-state index in [1.807, 2.05) is 24.3 Å². The molecule has 9 heteroatoms. The molecule has 0 spiro atoms. The molecule has 196 valence electrons. The number of rotatable bonds is 4. The second kappa shape index (κ2) is 10.8. The lowest BCUT2D eigenvalue weighted by Crippen LogP contribution is -2.43. The number of morpholine rings is 1. The normalized spacial score (nSPS) is 17.4. The molecule has 2 fully saturated rings. The van der Waals surface area contributed by atoms with E-state index in [0.717, 1.165) is 42.4 Å². The van der Waals surface area contributed by atoms with E-state index in [0.29, 0.717) is 49.1 Å². The van der Waals surface area contributed by atoms with E-state index >= 15 is 0 Å². The first-order valence-electron chi connectivity index (χ1n) is 12.7. The molecule has 0 atom stereocenters. The van der Waals surface area contributed by atoms with Gasteiger partial charge in [0.2, 0.25) is 0 Å². The van der Waals surface area contributed by atoms with E-state index < -0.39 is 0 Å². The minimum absolute atomic E-state index is 0.0519. The second-order valence-corrected chi connectivity index (χ2v) is 10.4. The van der Waals surface area contributed by atoms with Crippen molar-refractivity contribution < 1.29 is 18.7 Å². The van der Waals surface area contributed by atoms with Crippen molar-refractivity contribution in [3.05, 3.63) is 70.1 Å². The van der Waals surface area contributed by atoms with Gasteiger partial charge in [-0.1, -0.05) is 35.9 Å². The van der Waals surface area contributed by atoms with Gasteiger partial charge in [-0.15, -0.1) is 0 Å². The van der Waals surface area contributed by atoms with E-state index in [4.69, 9.17) is 16.3 Å². The van der Waals surface area contributed by atoms with Crippen LogP contribution < -0.4 is 0 Å². The molecule has 5 rings (SSSR count). The Morgan fingerprint density at radius 3 is 2.41 bits per heavy atom. The number of nitrogens with zero attached hydrogens (tertiary/aromatic N) is 4. The monoisotopic (exact) mass is 526 g/mol.